The third-order valence-electron chi connectivity index (χ3n) is 6.15. The number of nitrogens with zero attached hydrogens (tertiary/aromatic N) is 1. The average molecular weight is 403 g/mol. The van der Waals surface area contributed by atoms with Gasteiger partial charge in [-0.2, -0.15) is 0 Å². The molecule has 30 heavy (non-hydrogen) atoms. The smallest absolute Gasteiger partial charge is 0.314 e. The Morgan fingerprint density at radius 2 is 1.63 bits per heavy atom. The van der Waals surface area contributed by atoms with Crippen molar-refractivity contribution in [2.45, 2.75) is 38.2 Å². The highest BCUT2D eigenvalue weighted by molar-refractivity contribution is 5.85. The second-order valence-corrected chi connectivity index (χ2v) is 8.09. The Morgan fingerprint density at radius 1 is 1.10 bits per heavy atom. The van der Waals surface area contributed by atoms with Gasteiger partial charge in [0.1, 0.15) is 0 Å². The van der Waals surface area contributed by atoms with Crippen molar-refractivity contribution >= 4 is 5.97 Å². The molecule has 0 amide bonds. The van der Waals surface area contributed by atoms with Gasteiger partial charge in [0.05, 0.1) is 22.8 Å². The van der Waals surface area contributed by atoms with Gasteiger partial charge in [0.2, 0.25) is 0 Å². The van der Waals surface area contributed by atoms with Gasteiger partial charge in [-0.1, -0.05) is 66.7 Å². The van der Waals surface area contributed by atoms with Gasteiger partial charge in [-0.15, -0.1) is 6.58 Å². The Bertz CT molecular complexity index is 1080. The summed E-state index contributed by atoms with van der Waals surface area (Å²) in [6.45, 7) is 7.48. The summed E-state index contributed by atoms with van der Waals surface area (Å²) >= 11 is 0. The molecule has 0 spiro atoms. The fourth-order valence-electron chi connectivity index (χ4n) is 3.87. The van der Waals surface area contributed by atoms with Gasteiger partial charge in [-0.05, 0) is 36.5 Å². The first-order valence-corrected chi connectivity index (χ1v) is 10.1. The summed E-state index contributed by atoms with van der Waals surface area (Å²) in [5, 5.41) is 24.2. The number of aliphatic carboxylic acids is 1. The Morgan fingerprint density at radius 3 is 2.13 bits per heavy atom. The van der Waals surface area contributed by atoms with E-state index in [2.05, 4.69) is 11.7 Å². The van der Waals surface area contributed by atoms with Crippen LogP contribution < -0.4 is 0 Å². The van der Waals surface area contributed by atoms with E-state index in [9.17, 15) is 15.0 Å². The van der Waals surface area contributed by atoms with Crippen LogP contribution >= 0.6 is 0 Å². The number of aliphatic hydroxyl groups excluding tert-OH is 1. The van der Waals surface area contributed by atoms with Crippen molar-refractivity contribution in [3.8, 4) is 22.5 Å². The molecular weight excluding hydrogens is 378 g/mol. The van der Waals surface area contributed by atoms with Gasteiger partial charge in [-0.3, -0.25) is 4.79 Å². The van der Waals surface area contributed by atoms with Gasteiger partial charge in [0, 0.05) is 11.5 Å². The number of aryl methyl sites for hydroxylation is 1. The van der Waals surface area contributed by atoms with Crippen LogP contribution in [0.25, 0.3) is 22.5 Å². The van der Waals surface area contributed by atoms with E-state index in [4.69, 9.17) is 4.52 Å². The monoisotopic (exact) mass is 403 g/mol. The highest BCUT2D eigenvalue weighted by Gasteiger charge is 2.51. The summed E-state index contributed by atoms with van der Waals surface area (Å²) < 4.78 is 5.53. The molecule has 2 N–H and O–H groups in total. The van der Waals surface area contributed by atoms with E-state index in [-0.39, 0.29) is 5.92 Å². The first-order chi connectivity index (χ1) is 14.4. The molecule has 0 aliphatic heterocycles. The maximum atomic E-state index is 11.5. The summed E-state index contributed by atoms with van der Waals surface area (Å²) in [5.41, 5.74) is 4.39. The van der Waals surface area contributed by atoms with Crippen LogP contribution in [-0.2, 0) is 10.2 Å². The SMILES string of the molecule is C=CC(C)C(O)c1c(C)noc1-c1ccc(-c2ccc(C3(C(=O)O)CC3)cc2)cc1. The summed E-state index contributed by atoms with van der Waals surface area (Å²) in [6, 6.07) is 15.6. The van der Waals surface area contributed by atoms with Crippen molar-refractivity contribution in [3.05, 3.63) is 78.0 Å². The number of aliphatic hydroxyl groups is 1. The minimum atomic E-state index is -0.745. The molecule has 1 fully saturated rings. The van der Waals surface area contributed by atoms with E-state index >= 15 is 0 Å². The average Bonchev–Trinajstić information content (AvgIpc) is 3.50. The number of carbonyl (C=O) groups is 1. The predicted octanol–water partition coefficient (Wildman–Crippen LogP) is 5.29. The summed E-state index contributed by atoms with van der Waals surface area (Å²) in [4.78, 5) is 11.5. The molecule has 0 saturated heterocycles. The molecular formula is C25H25NO4. The zero-order valence-electron chi connectivity index (χ0n) is 17.1. The maximum absolute atomic E-state index is 11.5. The van der Waals surface area contributed by atoms with Gasteiger partial charge in [-0.25, -0.2) is 0 Å². The lowest BCUT2D eigenvalue weighted by molar-refractivity contribution is -0.140. The molecule has 154 valence electrons. The molecule has 3 aromatic rings. The highest BCUT2D eigenvalue weighted by Crippen LogP contribution is 2.48. The van der Waals surface area contributed by atoms with Gasteiger partial charge in [0.15, 0.2) is 5.76 Å². The molecule has 2 unspecified atom stereocenters. The van der Waals surface area contributed by atoms with Crippen molar-refractivity contribution < 1.29 is 19.5 Å². The number of rotatable bonds is 7. The van der Waals surface area contributed by atoms with Crippen LogP contribution in [0.2, 0.25) is 0 Å². The van der Waals surface area contributed by atoms with E-state index in [1.54, 1.807) is 6.08 Å². The Hall–Kier alpha value is -3.18. The van der Waals surface area contributed by atoms with Gasteiger partial charge < -0.3 is 14.7 Å². The van der Waals surface area contributed by atoms with Crippen LogP contribution in [0.1, 0.15) is 42.7 Å². The van der Waals surface area contributed by atoms with E-state index in [1.165, 1.54) is 0 Å². The molecule has 1 aromatic heterocycles. The minimum absolute atomic E-state index is 0.125. The van der Waals surface area contributed by atoms with Gasteiger partial charge >= 0.3 is 5.97 Å². The number of carboxylic acid groups (broad SMARTS) is 1. The largest absolute Gasteiger partial charge is 0.481 e. The zero-order chi connectivity index (χ0) is 21.5. The fraction of sp³-hybridized carbons (Fsp3) is 0.280. The summed E-state index contributed by atoms with van der Waals surface area (Å²) in [5.74, 6) is -0.307. The summed E-state index contributed by atoms with van der Waals surface area (Å²) in [7, 11) is 0. The van der Waals surface area contributed by atoms with Crippen LogP contribution in [0.15, 0.2) is 65.7 Å². The van der Waals surface area contributed by atoms with Crippen LogP contribution in [0.5, 0.6) is 0 Å². The lowest BCUT2D eigenvalue weighted by atomic mass is 9.92. The molecule has 2 aromatic carbocycles. The third kappa shape index (κ3) is 3.35. The van der Waals surface area contributed by atoms with E-state index in [0.717, 1.165) is 22.3 Å². The first kappa shape index (κ1) is 20.1. The number of carboxylic acids is 1. The second kappa shape index (κ2) is 7.58. The first-order valence-electron chi connectivity index (χ1n) is 10.1. The molecule has 0 bridgehead atoms. The zero-order valence-corrected chi connectivity index (χ0v) is 17.1. The van der Waals surface area contributed by atoms with Crippen LogP contribution in [-0.4, -0.2) is 21.3 Å². The quantitative estimate of drug-likeness (QED) is 0.524. The molecule has 1 saturated carbocycles. The lowest BCUT2D eigenvalue weighted by Crippen LogP contribution is -2.19. The van der Waals surface area contributed by atoms with E-state index < -0.39 is 17.5 Å². The molecule has 1 aliphatic carbocycles. The van der Waals surface area contributed by atoms with Crippen molar-refractivity contribution in [2.24, 2.45) is 5.92 Å². The predicted molar refractivity (Wildman–Crippen MR) is 115 cm³/mol. The molecule has 1 aliphatic rings. The fourth-order valence-corrected chi connectivity index (χ4v) is 3.87. The molecule has 5 heteroatoms. The molecule has 0 radical (unpaired) electrons. The van der Waals surface area contributed by atoms with Crippen LogP contribution in [0.3, 0.4) is 0 Å². The highest BCUT2D eigenvalue weighted by atomic mass is 16.5. The molecule has 1 heterocycles. The Labute approximate surface area is 175 Å². The topological polar surface area (TPSA) is 83.6 Å². The second-order valence-electron chi connectivity index (χ2n) is 8.09. The normalized spacial score (nSPS) is 16.6. The molecule has 5 nitrogen and oxygen atoms in total. The van der Waals surface area contributed by atoms with E-state index in [0.29, 0.717) is 29.9 Å². The summed E-state index contributed by atoms with van der Waals surface area (Å²) in [6.07, 6.45) is 2.38. The number of hydrogen-bond donors (Lipinski definition) is 2. The molecule has 4 rings (SSSR count). The lowest BCUT2D eigenvalue weighted by Gasteiger charge is -2.15. The van der Waals surface area contributed by atoms with Crippen LogP contribution in [0, 0.1) is 12.8 Å². The molecule has 2 atom stereocenters. The Balaban J connectivity index is 1.60. The Kier molecular flexibility index (Phi) is 5.08. The van der Waals surface area contributed by atoms with Crippen molar-refractivity contribution in [1.82, 2.24) is 5.16 Å². The van der Waals surface area contributed by atoms with Crippen molar-refractivity contribution in [3.63, 3.8) is 0 Å². The van der Waals surface area contributed by atoms with Crippen LogP contribution in [0.4, 0.5) is 0 Å². The van der Waals surface area contributed by atoms with E-state index in [1.807, 2.05) is 62.4 Å². The number of benzene rings is 2. The van der Waals surface area contributed by atoms with Gasteiger partial charge in [0.25, 0.3) is 0 Å². The third-order valence-corrected chi connectivity index (χ3v) is 6.15. The maximum Gasteiger partial charge on any atom is 0.314 e. The number of aromatic nitrogens is 1. The van der Waals surface area contributed by atoms with Crippen molar-refractivity contribution in [1.29, 1.82) is 0 Å². The minimum Gasteiger partial charge on any atom is -0.481 e. The standard InChI is InChI=1S/C25H25NO4/c1-4-15(2)22(27)21-16(3)26-30-23(21)19-7-5-17(6-8-19)18-9-11-20(12-10-18)25(13-14-25)24(28)29/h4-12,15,22,27H,1,13-14H2,2-3H3,(H,28,29). The number of hydrogen-bond acceptors (Lipinski definition) is 4. The van der Waals surface area contributed by atoms with Crippen molar-refractivity contribution in [2.75, 3.05) is 0 Å².